The molecule has 0 bridgehead atoms. The van der Waals surface area contributed by atoms with Gasteiger partial charge in [-0.25, -0.2) is 4.57 Å². The summed E-state index contributed by atoms with van der Waals surface area (Å²) in [5.74, 6) is -0.804. The standard InChI is InChI=1S/C80H134NO8P/c1-6-8-10-12-14-16-18-20-22-24-26-28-30-32-34-35-36-37-38-39-40-41-42-43-44-45-47-49-51-53-55-57-59-61-63-65-67-69-71-73-80(83)89-78(77-88-90(84,85)87-75-74-81(3,4)5)76-86-79(82)72-70-68-66-64-62-60-58-56-54-52-50-48-46-33-31-29-27-25-23-21-19-17-15-13-11-9-7-2/h8-11,14-17,20-23,26-29,32-34,36-37,39-40,42-43,46,78H,6-7,12-13,18-19,24-25,30-31,35,38,41,44-45,47-77H2,1-5H3/p+1/b10-8-,11-9-,16-14-,17-15-,22-20-,23-21-,28-26-,29-27-,34-32-,37-36-,40-39-,43-42-,46-33-. The Balaban J connectivity index is 4.06. The van der Waals surface area contributed by atoms with Crippen molar-refractivity contribution in [2.45, 2.75) is 290 Å². The van der Waals surface area contributed by atoms with Crippen molar-refractivity contribution < 1.29 is 42.1 Å². The normalized spacial score (nSPS) is 14.1. The molecular formula is C80H135NO8P+. The predicted octanol–water partition coefficient (Wildman–Crippen LogP) is 23.9. The number of allylic oxidation sites excluding steroid dienone is 26. The molecule has 0 aliphatic heterocycles. The summed E-state index contributed by atoms with van der Waals surface area (Å²) in [6, 6.07) is 0. The van der Waals surface area contributed by atoms with Gasteiger partial charge in [0.25, 0.3) is 0 Å². The Bertz CT molecular complexity index is 2080. The molecular weight excluding hydrogens is 1130 g/mol. The van der Waals surface area contributed by atoms with Crippen molar-refractivity contribution in [1.82, 2.24) is 0 Å². The summed E-state index contributed by atoms with van der Waals surface area (Å²) in [4.78, 5) is 35.9. The summed E-state index contributed by atoms with van der Waals surface area (Å²) in [5, 5.41) is 0. The van der Waals surface area contributed by atoms with E-state index >= 15 is 0 Å². The molecule has 0 spiro atoms. The quantitative estimate of drug-likeness (QED) is 0.0211. The van der Waals surface area contributed by atoms with Crippen LogP contribution in [0.1, 0.15) is 284 Å². The molecule has 1 N–H and O–H groups in total. The Morgan fingerprint density at radius 1 is 0.344 bits per heavy atom. The van der Waals surface area contributed by atoms with Crippen LogP contribution < -0.4 is 0 Å². The number of rotatable bonds is 65. The first kappa shape index (κ1) is 85.6. The van der Waals surface area contributed by atoms with E-state index in [9.17, 15) is 19.0 Å². The van der Waals surface area contributed by atoms with Crippen LogP contribution in [0.25, 0.3) is 0 Å². The minimum Gasteiger partial charge on any atom is -0.462 e. The molecule has 0 fully saturated rings. The number of carbonyl (C=O) groups excluding carboxylic acids is 2. The van der Waals surface area contributed by atoms with Crippen molar-refractivity contribution in [3.63, 3.8) is 0 Å². The number of phosphoric ester groups is 1. The van der Waals surface area contributed by atoms with Crippen LogP contribution in [0, 0.1) is 0 Å². The Morgan fingerprint density at radius 2 is 0.600 bits per heavy atom. The van der Waals surface area contributed by atoms with Crippen LogP contribution >= 0.6 is 7.82 Å². The zero-order valence-corrected chi connectivity index (χ0v) is 59.2. The van der Waals surface area contributed by atoms with E-state index in [1.807, 2.05) is 21.1 Å². The van der Waals surface area contributed by atoms with E-state index in [2.05, 4.69) is 172 Å². The first-order valence-electron chi connectivity index (χ1n) is 36.2. The summed E-state index contributed by atoms with van der Waals surface area (Å²) in [6.45, 7) is 4.21. The van der Waals surface area contributed by atoms with Gasteiger partial charge in [-0.05, 0) is 122 Å². The number of likely N-dealkylation sites (N-methyl/N-ethyl adjacent to an activating group) is 1. The molecule has 0 saturated carbocycles. The summed E-state index contributed by atoms with van der Waals surface area (Å²) >= 11 is 0. The van der Waals surface area contributed by atoms with Gasteiger partial charge < -0.3 is 18.9 Å². The highest BCUT2D eigenvalue weighted by Gasteiger charge is 2.27. The molecule has 0 rings (SSSR count). The highest BCUT2D eigenvalue weighted by atomic mass is 31.2. The molecule has 0 amide bonds. The van der Waals surface area contributed by atoms with Crippen molar-refractivity contribution in [3.8, 4) is 0 Å². The van der Waals surface area contributed by atoms with Crippen LogP contribution in [0.3, 0.4) is 0 Å². The van der Waals surface area contributed by atoms with Crippen LogP contribution in [0.2, 0.25) is 0 Å². The lowest BCUT2D eigenvalue weighted by molar-refractivity contribution is -0.870. The SMILES string of the molecule is CC/C=C\C/C=C\C/C=C\C/C=C\C/C=C\C/C=C\C/C=C\C/C=C\CCCCCCCCCCCCCCCCC(=O)OC(COC(=O)CCCCCCCCCCCCC/C=C\C/C=C\C/C=C\C/C=C\C/C=C\CC)COP(=O)(O)OCC[N+](C)(C)C. The van der Waals surface area contributed by atoms with Crippen molar-refractivity contribution in [3.05, 3.63) is 158 Å². The number of unbranched alkanes of at least 4 members (excludes halogenated alkanes) is 25. The number of phosphoric acid groups is 1. The highest BCUT2D eigenvalue weighted by molar-refractivity contribution is 7.47. The van der Waals surface area contributed by atoms with Gasteiger partial charge in [0.2, 0.25) is 0 Å². The van der Waals surface area contributed by atoms with E-state index in [4.69, 9.17) is 18.5 Å². The van der Waals surface area contributed by atoms with E-state index in [-0.39, 0.29) is 32.0 Å². The van der Waals surface area contributed by atoms with Crippen LogP contribution in [-0.4, -0.2) is 74.9 Å². The maximum Gasteiger partial charge on any atom is 0.472 e. The molecule has 90 heavy (non-hydrogen) atoms. The molecule has 10 heteroatoms. The fourth-order valence-corrected chi connectivity index (χ4v) is 10.3. The molecule has 9 nitrogen and oxygen atoms in total. The number of quaternary nitrogens is 1. The van der Waals surface area contributed by atoms with E-state index in [0.717, 1.165) is 122 Å². The number of carbonyl (C=O) groups is 2. The van der Waals surface area contributed by atoms with Crippen LogP contribution in [-0.2, 0) is 32.7 Å². The Labute approximate surface area is 554 Å². The molecule has 0 radical (unpaired) electrons. The number of esters is 2. The zero-order valence-electron chi connectivity index (χ0n) is 58.3. The maximum absolute atomic E-state index is 12.9. The predicted molar refractivity (Wildman–Crippen MR) is 390 cm³/mol. The molecule has 0 aromatic rings. The van der Waals surface area contributed by atoms with Crippen molar-refractivity contribution in [2.75, 3.05) is 47.5 Å². The second kappa shape index (κ2) is 69.0. The fourth-order valence-electron chi connectivity index (χ4n) is 9.59. The molecule has 0 aliphatic rings. The molecule has 0 aromatic carbocycles. The molecule has 0 aliphatic carbocycles. The van der Waals surface area contributed by atoms with Gasteiger partial charge in [-0.15, -0.1) is 0 Å². The number of nitrogens with zero attached hydrogens (tertiary/aromatic N) is 1. The third-order valence-electron chi connectivity index (χ3n) is 15.1. The minimum atomic E-state index is -4.40. The van der Waals surface area contributed by atoms with Crippen molar-refractivity contribution in [2.24, 2.45) is 0 Å². The molecule has 2 atom stereocenters. The third kappa shape index (κ3) is 72.7. The second-order valence-electron chi connectivity index (χ2n) is 24.9. The summed E-state index contributed by atoms with van der Waals surface area (Å²) < 4.78 is 34.7. The van der Waals surface area contributed by atoms with Gasteiger partial charge in [0.1, 0.15) is 19.8 Å². The lowest BCUT2D eigenvalue weighted by Crippen LogP contribution is -2.37. The summed E-state index contributed by atoms with van der Waals surface area (Å²) in [7, 11) is 1.46. The number of hydrogen-bond acceptors (Lipinski definition) is 7. The first-order chi connectivity index (χ1) is 44.0. The fraction of sp³-hybridized carbons (Fsp3) is 0.650. The zero-order chi connectivity index (χ0) is 65.5. The molecule has 2 unspecified atom stereocenters. The van der Waals surface area contributed by atoms with Gasteiger partial charge in [-0.2, -0.15) is 0 Å². The molecule has 0 heterocycles. The third-order valence-corrected chi connectivity index (χ3v) is 16.0. The summed E-state index contributed by atoms with van der Waals surface area (Å²) in [5.41, 5.74) is 0. The smallest absolute Gasteiger partial charge is 0.462 e. The van der Waals surface area contributed by atoms with Gasteiger partial charge in [0.15, 0.2) is 6.10 Å². The van der Waals surface area contributed by atoms with Gasteiger partial charge in [-0.1, -0.05) is 307 Å². The average molecular weight is 1270 g/mol. The van der Waals surface area contributed by atoms with E-state index in [0.29, 0.717) is 17.4 Å². The lowest BCUT2D eigenvalue weighted by atomic mass is 10.0. The van der Waals surface area contributed by atoms with E-state index < -0.39 is 26.5 Å². The van der Waals surface area contributed by atoms with E-state index in [1.54, 1.807) is 0 Å². The Morgan fingerprint density at radius 3 is 0.889 bits per heavy atom. The monoisotopic (exact) mass is 1270 g/mol. The largest absolute Gasteiger partial charge is 0.472 e. The van der Waals surface area contributed by atoms with Crippen molar-refractivity contribution in [1.29, 1.82) is 0 Å². The first-order valence-corrected chi connectivity index (χ1v) is 37.7. The van der Waals surface area contributed by atoms with Gasteiger partial charge in [-0.3, -0.25) is 18.6 Å². The van der Waals surface area contributed by atoms with Crippen LogP contribution in [0.4, 0.5) is 0 Å². The molecule has 0 saturated heterocycles. The van der Waals surface area contributed by atoms with Gasteiger partial charge >= 0.3 is 19.8 Å². The van der Waals surface area contributed by atoms with Gasteiger partial charge in [0, 0.05) is 12.8 Å². The topological polar surface area (TPSA) is 108 Å². The van der Waals surface area contributed by atoms with Crippen molar-refractivity contribution >= 4 is 19.8 Å². The van der Waals surface area contributed by atoms with Crippen LogP contribution in [0.5, 0.6) is 0 Å². The Hall–Kier alpha value is -4.37. The average Bonchev–Trinajstić information content (AvgIpc) is 3.58. The lowest BCUT2D eigenvalue weighted by Gasteiger charge is -2.24. The second-order valence-corrected chi connectivity index (χ2v) is 26.3. The molecule has 0 aromatic heterocycles. The summed E-state index contributed by atoms with van der Waals surface area (Å²) in [6.07, 6.45) is 103. The maximum atomic E-state index is 12.9. The minimum absolute atomic E-state index is 0.0248. The van der Waals surface area contributed by atoms with E-state index in [1.165, 1.54) is 128 Å². The van der Waals surface area contributed by atoms with Crippen LogP contribution in [0.15, 0.2) is 158 Å². The number of ether oxygens (including phenoxy) is 2. The number of hydrogen-bond donors (Lipinski definition) is 1. The highest BCUT2D eigenvalue weighted by Crippen LogP contribution is 2.43. The van der Waals surface area contributed by atoms with Gasteiger partial charge in [0.05, 0.1) is 27.7 Å². The Kier molecular flexibility index (Phi) is 65.6. The molecule has 512 valence electrons.